The van der Waals surface area contributed by atoms with Gasteiger partial charge < -0.3 is 16.0 Å². The average molecular weight is 265 g/mol. The summed E-state index contributed by atoms with van der Waals surface area (Å²) in [6.45, 7) is 4.60. The Hall–Kier alpha value is -1.46. The van der Waals surface area contributed by atoms with E-state index in [2.05, 4.69) is 17.1 Å². The van der Waals surface area contributed by atoms with Crippen LogP contribution < -0.4 is 11.1 Å². The van der Waals surface area contributed by atoms with Crippen LogP contribution in [-0.2, 0) is 4.79 Å². The van der Waals surface area contributed by atoms with Crippen LogP contribution in [0.5, 0.6) is 0 Å². The van der Waals surface area contributed by atoms with Gasteiger partial charge in [-0.15, -0.1) is 0 Å². The number of nitrogens with one attached hydrogen (secondary N) is 1. The van der Waals surface area contributed by atoms with Crippen molar-refractivity contribution < 1.29 is 9.18 Å². The third-order valence-electron chi connectivity index (χ3n) is 3.51. The van der Waals surface area contributed by atoms with Crippen LogP contribution in [0.2, 0.25) is 0 Å². The number of amides is 1. The Labute approximate surface area is 112 Å². The Morgan fingerprint density at radius 1 is 1.53 bits per heavy atom. The van der Waals surface area contributed by atoms with Crippen molar-refractivity contribution in [1.29, 1.82) is 0 Å². The molecule has 3 N–H and O–H groups in total. The molecule has 0 bridgehead atoms. The highest BCUT2D eigenvalue weighted by Crippen LogP contribution is 2.15. The van der Waals surface area contributed by atoms with Crippen LogP contribution in [0.1, 0.15) is 13.3 Å². The van der Waals surface area contributed by atoms with Gasteiger partial charge in [-0.2, -0.15) is 0 Å². The molecule has 1 amide bonds. The van der Waals surface area contributed by atoms with E-state index in [1.807, 2.05) is 0 Å². The van der Waals surface area contributed by atoms with Crippen molar-refractivity contribution in [1.82, 2.24) is 4.90 Å². The summed E-state index contributed by atoms with van der Waals surface area (Å²) in [4.78, 5) is 13.9. The summed E-state index contributed by atoms with van der Waals surface area (Å²) in [6, 6.07) is 6.11. The molecule has 1 aromatic carbocycles. The quantitative estimate of drug-likeness (QED) is 0.866. The smallest absolute Gasteiger partial charge is 0.225 e. The summed E-state index contributed by atoms with van der Waals surface area (Å²) in [5.41, 5.74) is 6.43. The normalized spacial score (nSPS) is 23.5. The summed E-state index contributed by atoms with van der Waals surface area (Å²) in [6.07, 6.45) is 0.399. The van der Waals surface area contributed by atoms with Crippen LogP contribution in [0.15, 0.2) is 24.3 Å². The van der Waals surface area contributed by atoms with Crippen molar-refractivity contribution in [3.05, 3.63) is 30.1 Å². The van der Waals surface area contributed by atoms with Gasteiger partial charge in [0.1, 0.15) is 5.82 Å². The Bertz CT molecular complexity index is 442. The lowest BCUT2D eigenvalue weighted by molar-refractivity contribution is -0.116. The van der Waals surface area contributed by atoms with Crippen molar-refractivity contribution in [3.8, 4) is 0 Å². The molecule has 5 heteroatoms. The molecule has 0 saturated carbocycles. The molecule has 2 rings (SSSR count). The molecule has 4 nitrogen and oxygen atoms in total. The van der Waals surface area contributed by atoms with E-state index in [0.717, 1.165) is 13.1 Å². The van der Waals surface area contributed by atoms with E-state index in [-0.39, 0.29) is 17.8 Å². The van der Waals surface area contributed by atoms with Crippen LogP contribution >= 0.6 is 0 Å². The number of anilines is 1. The molecule has 1 fully saturated rings. The number of hydrogen-bond acceptors (Lipinski definition) is 3. The topological polar surface area (TPSA) is 58.4 Å². The van der Waals surface area contributed by atoms with Crippen LogP contribution in [0, 0.1) is 11.7 Å². The van der Waals surface area contributed by atoms with Crippen LogP contribution in [0.4, 0.5) is 10.1 Å². The monoisotopic (exact) mass is 265 g/mol. The second-order valence-electron chi connectivity index (χ2n) is 5.21. The van der Waals surface area contributed by atoms with E-state index in [0.29, 0.717) is 24.6 Å². The Kier molecular flexibility index (Phi) is 4.50. The highest BCUT2D eigenvalue weighted by molar-refractivity contribution is 5.90. The first kappa shape index (κ1) is 14.0. The van der Waals surface area contributed by atoms with Gasteiger partial charge in [-0.05, 0) is 24.1 Å². The van der Waals surface area contributed by atoms with Crippen molar-refractivity contribution in [2.45, 2.75) is 19.4 Å². The van der Waals surface area contributed by atoms with Crippen LogP contribution in [0.25, 0.3) is 0 Å². The van der Waals surface area contributed by atoms with Gasteiger partial charge in [0.15, 0.2) is 0 Å². The fourth-order valence-corrected chi connectivity index (χ4v) is 2.33. The molecule has 1 aromatic rings. The number of rotatable bonds is 4. The maximum Gasteiger partial charge on any atom is 0.225 e. The molecule has 2 atom stereocenters. The van der Waals surface area contributed by atoms with Crippen molar-refractivity contribution in [3.63, 3.8) is 0 Å². The van der Waals surface area contributed by atoms with Crippen LogP contribution in [-0.4, -0.2) is 36.5 Å². The van der Waals surface area contributed by atoms with Gasteiger partial charge in [-0.3, -0.25) is 4.79 Å². The highest BCUT2D eigenvalue weighted by Gasteiger charge is 2.26. The van der Waals surface area contributed by atoms with Gasteiger partial charge in [-0.1, -0.05) is 13.0 Å². The molecule has 19 heavy (non-hydrogen) atoms. The minimum atomic E-state index is -0.350. The van der Waals surface area contributed by atoms with Gasteiger partial charge >= 0.3 is 0 Å². The summed E-state index contributed by atoms with van der Waals surface area (Å²) >= 11 is 0. The summed E-state index contributed by atoms with van der Waals surface area (Å²) in [7, 11) is 0. The lowest BCUT2D eigenvalue weighted by atomic mass is 10.1. The molecular weight excluding hydrogens is 245 g/mol. The molecule has 1 heterocycles. The van der Waals surface area contributed by atoms with Gasteiger partial charge in [0.05, 0.1) is 0 Å². The van der Waals surface area contributed by atoms with Crippen molar-refractivity contribution in [2.24, 2.45) is 11.7 Å². The largest absolute Gasteiger partial charge is 0.326 e. The van der Waals surface area contributed by atoms with E-state index < -0.39 is 0 Å². The van der Waals surface area contributed by atoms with E-state index in [1.165, 1.54) is 12.1 Å². The zero-order valence-corrected chi connectivity index (χ0v) is 11.1. The van der Waals surface area contributed by atoms with Gasteiger partial charge in [0, 0.05) is 37.8 Å². The number of nitrogens with two attached hydrogens (primary N) is 1. The first-order chi connectivity index (χ1) is 9.04. The molecule has 0 aliphatic carbocycles. The molecule has 0 spiro atoms. The van der Waals surface area contributed by atoms with Crippen molar-refractivity contribution in [2.75, 3.05) is 25.0 Å². The molecule has 1 aliphatic heterocycles. The molecule has 0 aromatic heterocycles. The average Bonchev–Trinajstić information content (AvgIpc) is 2.66. The number of likely N-dealkylation sites (tertiary alicyclic amines) is 1. The fourth-order valence-electron chi connectivity index (χ4n) is 2.33. The standard InChI is InChI=1S/C14H20FN3O/c1-10-8-18(9-13(10)16)6-5-14(19)17-12-4-2-3-11(15)7-12/h2-4,7,10,13H,5-6,8-9,16H2,1H3,(H,17,19). The fraction of sp³-hybridized carbons (Fsp3) is 0.500. The maximum atomic E-state index is 13.0. The molecule has 2 unspecified atom stereocenters. The van der Waals surface area contributed by atoms with Gasteiger partial charge in [0.25, 0.3) is 0 Å². The molecule has 1 saturated heterocycles. The first-order valence-corrected chi connectivity index (χ1v) is 6.58. The maximum absolute atomic E-state index is 13.0. The van der Waals surface area contributed by atoms with E-state index >= 15 is 0 Å². The van der Waals surface area contributed by atoms with Gasteiger partial charge in [-0.25, -0.2) is 4.39 Å². The molecular formula is C14H20FN3O. The van der Waals surface area contributed by atoms with Crippen molar-refractivity contribution >= 4 is 11.6 Å². The predicted molar refractivity (Wildman–Crippen MR) is 73.2 cm³/mol. The minimum Gasteiger partial charge on any atom is -0.326 e. The SMILES string of the molecule is CC1CN(CCC(=O)Nc2cccc(F)c2)CC1N. The number of carbonyl (C=O) groups is 1. The number of halogens is 1. The Morgan fingerprint density at radius 3 is 2.95 bits per heavy atom. The molecule has 104 valence electrons. The highest BCUT2D eigenvalue weighted by atomic mass is 19.1. The zero-order valence-electron chi connectivity index (χ0n) is 11.1. The first-order valence-electron chi connectivity index (χ1n) is 6.58. The predicted octanol–water partition coefficient (Wildman–Crippen LogP) is 1.43. The summed E-state index contributed by atoms with van der Waals surface area (Å²) < 4.78 is 13.0. The van der Waals surface area contributed by atoms with E-state index in [4.69, 9.17) is 5.73 Å². The molecule has 1 aliphatic rings. The number of carbonyl (C=O) groups excluding carboxylic acids is 1. The number of nitrogens with zero attached hydrogens (tertiary/aromatic N) is 1. The van der Waals surface area contributed by atoms with E-state index in [1.54, 1.807) is 12.1 Å². The molecule has 0 radical (unpaired) electrons. The number of hydrogen-bond donors (Lipinski definition) is 2. The third-order valence-corrected chi connectivity index (χ3v) is 3.51. The zero-order chi connectivity index (χ0) is 13.8. The Balaban J connectivity index is 1.76. The Morgan fingerprint density at radius 2 is 2.32 bits per heavy atom. The second kappa shape index (κ2) is 6.12. The van der Waals surface area contributed by atoms with E-state index in [9.17, 15) is 9.18 Å². The lowest BCUT2D eigenvalue weighted by Gasteiger charge is -2.14. The van der Waals surface area contributed by atoms with Gasteiger partial charge in [0.2, 0.25) is 5.91 Å². The minimum absolute atomic E-state index is 0.0984. The third kappa shape index (κ3) is 4.01. The number of benzene rings is 1. The second-order valence-corrected chi connectivity index (χ2v) is 5.21. The summed E-state index contributed by atoms with van der Waals surface area (Å²) in [5, 5.41) is 2.69. The summed E-state index contributed by atoms with van der Waals surface area (Å²) in [5.74, 6) is 0.0298. The lowest BCUT2D eigenvalue weighted by Crippen LogP contribution is -2.30. The van der Waals surface area contributed by atoms with Crippen LogP contribution in [0.3, 0.4) is 0 Å².